The molecule has 0 saturated carbocycles. The number of fused-ring (bicyclic) bond motifs is 2. The Bertz CT molecular complexity index is 724. The Labute approximate surface area is 155 Å². The van der Waals surface area contributed by atoms with Gasteiger partial charge in [0.2, 0.25) is 0 Å². The van der Waals surface area contributed by atoms with Crippen molar-refractivity contribution in [2.24, 2.45) is 0 Å². The lowest BCUT2D eigenvalue weighted by molar-refractivity contribution is 0.103. The quantitative estimate of drug-likeness (QED) is 0.572. The van der Waals surface area contributed by atoms with Crippen LogP contribution in [0.5, 0.6) is 0 Å². The first-order chi connectivity index (χ1) is 12.3. The van der Waals surface area contributed by atoms with Gasteiger partial charge in [-0.25, -0.2) is 0 Å². The van der Waals surface area contributed by atoms with Crippen LogP contribution in [-0.4, -0.2) is 19.0 Å². The van der Waals surface area contributed by atoms with Crippen molar-refractivity contribution in [2.75, 3.05) is 13.2 Å². The number of carbonyl (C=O) groups excluding carboxylic acids is 1. The minimum Gasteiger partial charge on any atom is -0.381 e. The Balaban J connectivity index is 1.59. The van der Waals surface area contributed by atoms with Crippen LogP contribution >= 0.6 is 11.8 Å². The molecule has 0 aromatic heterocycles. The van der Waals surface area contributed by atoms with Crippen LogP contribution in [0.4, 0.5) is 0 Å². The van der Waals surface area contributed by atoms with Crippen LogP contribution in [0, 0.1) is 0 Å². The molecule has 2 nitrogen and oxygen atoms in total. The van der Waals surface area contributed by atoms with Crippen LogP contribution in [0.25, 0.3) is 0 Å². The summed E-state index contributed by atoms with van der Waals surface area (Å²) in [6, 6.07) is 14.2. The summed E-state index contributed by atoms with van der Waals surface area (Å²) in [6.45, 7) is 3.83. The van der Waals surface area contributed by atoms with Gasteiger partial charge in [-0.3, -0.25) is 4.79 Å². The predicted octanol–water partition coefficient (Wildman–Crippen LogP) is 5.66. The van der Waals surface area contributed by atoms with E-state index in [0.717, 1.165) is 53.4 Å². The second-order valence-electron chi connectivity index (χ2n) is 6.53. The number of benzene rings is 2. The van der Waals surface area contributed by atoms with Gasteiger partial charge in [0, 0.05) is 28.4 Å². The molecule has 25 heavy (non-hydrogen) atoms. The molecule has 0 radical (unpaired) electrons. The van der Waals surface area contributed by atoms with E-state index in [4.69, 9.17) is 4.74 Å². The lowest BCUT2D eigenvalue weighted by Gasteiger charge is -2.08. The van der Waals surface area contributed by atoms with Crippen molar-refractivity contribution in [1.29, 1.82) is 0 Å². The van der Waals surface area contributed by atoms with E-state index < -0.39 is 0 Å². The smallest absolute Gasteiger partial charge is 0.194 e. The summed E-state index contributed by atoms with van der Waals surface area (Å²) in [5.74, 6) is 1.00. The Morgan fingerprint density at radius 3 is 2.76 bits per heavy atom. The molecule has 0 saturated heterocycles. The Hall–Kier alpha value is -1.58. The highest BCUT2D eigenvalue weighted by Gasteiger charge is 2.21. The van der Waals surface area contributed by atoms with E-state index >= 15 is 0 Å². The van der Waals surface area contributed by atoms with Crippen LogP contribution in [0.15, 0.2) is 47.4 Å². The maximum absolute atomic E-state index is 12.8. The topological polar surface area (TPSA) is 26.3 Å². The molecule has 0 atom stereocenters. The second-order valence-corrected chi connectivity index (χ2v) is 7.55. The summed E-state index contributed by atoms with van der Waals surface area (Å²) in [6.07, 6.45) is 5.87. The fraction of sp³-hybridized carbons (Fsp3) is 0.409. The first kappa shape index (κ1) is 18.2. The van der Waals surface area contributed by atoms with Crippen LogP contribution in [0.3, 0.4) is 0 Å². The number of ketones is 1. The minimum atomic E-state index is 0.148. The molecule has 0 spiro atoms. The summed E-state index contributed by atoms with van der Waals surface area (Å²) < 4.78 is 5.75. The lowest BCUT2D eigenvalue weighted by Crippen LogP contribution is -2.05. The van der Waals surface area contributed by atoms with Gasteiger partial charge in [0.25, 0.3) is 0 Å². The van der Waals surface area contributed by atoms with Crippen molar-refractivity contribution in [2.45, 2.75) is 49.7 Å². The Morgan fingerprint density at radius 1 is 1.00 bits per heavy atom. The Morgan fingerprint density at radius 2 is 1.88 bits per heavy atom. The number of hydrogen-bond donors (Lipinski definition) is 0. The predicted molar refractivity (Wildman–Crippen MR) is 105 cm³/mol. The molecule has 0 bridgehead atoms. The van der Waals surface area contributed by atoms with E-state index in [1.165, 1.54) is 24.8 Å². The van der Waals surface area contributed by atoms with E-state index in [2.05, 4.69) is 25.1 Å². The number of thioether (sulfide) groups is 1. The number of unbranched alkanes of at least 4 members (excludes halogenated alkanes) is 3. The van der Waals surface area contributed by atoms with E-state index in [1.54, 1.807) is 11.8 Å². The molecule has 2 aromatic carbocycles. The van der Waals surface area contributed by atoms with Crippen molar-refractivity contribution in [3.8, 4) is 0 Å². The lowest BCUT2D eigenvalue weighted by atomic mass is 9.98. The SMILES string of the molecule is CCCCCCOCCc1ccc2c(c1)SCc1ccccc1C2=O. The standard InChI is InChI=1S/C22H26O2S/c1-2-3-4-7-13-24-14-12-17-10-11-20-21(15-17)25-16-18-8-5-6-9-19(18)22(20)23/h5-6,8-11,15H,2-4,7,12-14,16H2,1H3. The van der Waals surface area contributed by atoms with Gasteiger partial charge in [0.1, 0.15) is 0 Å². The average molecular weight is 355 g/mol. The fourth-order valence-corrected chi connectivity index (χ4v) is 4.23. The van der Waals surface area contributed by atoms with Crippen LogP contribution in [0.2, 0.25) is 0 Å². The molecular weight excluding hydrogens is 328 g/mol. The molecular formula is C22H26O2S. The number of rotatable bonds is 8. The zero-order valence-corrected chi connectivity index (χ0v) is 15.7. The molecule has 0 N–H and O–H groups in total. The maximum Gasteiger partial charge on any atom is 0.194 e. The fourth-order valence-electron chi connectivity index (χ4n) is 3.12. The maximum atomic E-state index is 12.8. The normalized spacial score (nSPS) is 13.2. The first-order valence-corrected chi connectivity index (χ1v) is 10.2. The number of ether oxygens (including phenoxy) is 1. The molecule has 1 aliphatic rings. The third-order valence-corrected chi connectivity index (χ3v) is 5.72. The van der Waals surface area contributed by atoms with Gasteiger partial charge < -0.3 is 4.74 Å². The third-order valence-electron chi connectivity index (χ3n) is 4.61. The monoisotopic (exact) mass is 354 g/mol. The molecule has 132 valence electrons. The van der Waals surface area contributed by atoms with Crippen LogP contribution < -0.4 is 0 Å². The molecule has 0 unspecified atom stereocenters. The number of hydrogen-bond acceptors (Lipinski definition) is 3. The average Bonchev–Trinajstić information content (AvgIpc) is 2.78. The minimum absolute atomic E-state index is 0.148. The molecule has 3 heteroatoms. The van der Waals surface area contributed by atoms with Gasteiger partial charge >= 0.3 is 0 Å². The van der Waals surface area contributed by atoms with Gasteiger partial charge in [-0.15, -0.1) is 11.8 Å². The highest BCUT2D eigenvalue weighted by atomic mass is 32.2. The Kier molecular flexibility index (Phi) is 6.71. The van der Waals surface area contributed by atoms with Gasteiger partial charge in [-0.2, -0.15) is 0 Å². The van der Waals surface area contributed by atoms with E-state index in [9.17, 15) is 4.79 Å². The first-order valence-electron chi connectivity index (χ1n) is 9.25. The largest absolute Gasteiger partial charge is 0.381 e. The molecule has 0 fully saturated rings. The summed E-state index contributed by atoms with van der Waals surface area (Å²) >= 11 is 1.76. The summed E-state index contributed by atoms with van der Waals surface area (Å²) in [7, 11) is 0. The van der Waals surface area contributed by atoms with Crippen LogP contribution in [0.1, 0.15) is 59.7 Å². The highest BCUT2D eigenvalue weighted by molar-refractivity contribution is 7.98. The van der Waals surface area contributed by atoms with Crippen LogP contribution in [-0.2, 0) is 16.9 Å². The van der Waals surface area contributed by atoms with Crippen molar-refractivity contribution < 1.29 is 9.53 Å². The third kappa shape index (κ3) is 4.74. The van der Waals surface area contributed by atoms with Gasteiger partial charge in [0.15, 0.2) is 5.78 Å². The molecule has 1 heterocycles. The highest BCUT2D eigenvalue weighted by Crippen LogP contribution is 2.34. The van der Waals surface area contributed by atoms with E-state index in [0.29, 0.717) is 0 Å². The van der Waals surface area contributed by atoms with E-state index in [-0.39, 0.29) is 5.78 Å². The van der Waals surface area contributed by atoms with Crippen molar-refractivity contribution in [3.63, 3.8) is 0 Å². The molecule has 2 aromatic rings. The molecule has 3 rings (SSSR count). The van der Waals surface area contributed by atoms with Gasteiger partial charge in [0.05, 0.1) is 6.61 Å². The van der Waals surface area contributed by atoms with E-state index in [1.807, 2.05) is 24.3 Å². The molecule has 1 aliphatic heterocycles. The zero-order chi connectivity index (χ0) is 17.5. The number of carbonyl (C=O) groups is 1. The van der Waals surface area contributed by atoms with Crippen molar-refractivity contribution in [1.82, 2.24) is 0 Å². The van der Waals surface area contributed by atoms with Crippen molar-refractivity contribution >= 4 is 17.5 Å². The zero-order valence-electron chi connectivity index (χ0n) is 14.9. The molecule has 0 aliphatic carbocycles. The van der Waals surface area contributed by atoms with Crippen molar-refractivity contribution in [3.05, 3.63) is 64.7 Å². The van der Waals surface area contributed by atoms with Gasteiger partial charge in [-0.05, 0) is 36.1 Å². The summed E-state index contributed by atoms with van der Waals surface area (Å²) in [5, 5.41) is 0. The summed E-state index contributed by atoms with van der Waals surface area (Å²) in [5.41, 5.74) is 4.06. The molecule has 0 amide bonds. The summed E-state index contributed by atoms with van der Waals surface area (Å²) in [4.78, 5) is 13.9. The second kappa shape index (κ2) is 9.21. The van der Waals surface area contributed by atoms with Gasteiger partial charge in [-0.1, -0.05) is 56.5 Å².